The SMILES string of the molecule is CCC(CC)(CN)C(=O)NCc1c(C)cc(C)[nH]c1=O. The number of nitrogens with one attached hydrogen (secondary N) is 2. The number of aromatic amines is 1. The fraction of sp³-hybridized carbons (Fsp3) is 0.600. The molecule has 1 aromatic rings. The maximum Gasteiger partial charge on any atom is 0.253 e. The van der Waals surface area contributed by atoms with E-state index >= 15 is 0 Å². The van der Waals surface area contributed by atoms with Gasteiger partial charge in [0.15, 0.2) is 0 Å². The molecule has 0 atom stereocenters. The topological polar surface area (TPSA) is 88.0 Å². The number of hydrogen-bond acceptors (Lipinski definition) is 3. The zero-order valence-electron chi connectivity index (χ0n) is 12.8. The van der Waals surface area contributed by atoms with Gasteiger partial charge < -0.3 is 16.0 Å². The first-order valence-corrected chi connectivity index (χ1v) is 7.08. The number of pyridine rings is 1. The Morgan fingerprint density at radius 2 is 1.95 bits per heavy atom. The number of amides is 1. The highest BCUT2D eigenvalue weighted by atomic mass is 16.2. The molecule has 4 N–H and O–H groups in total. The maximum atomic E-state index is 12.3. The molecule has 1 heterocycles. The van der Waals surface area contributed by atoms with Crippen LogP contribution in [0.2, 0.25) is 0 Å². The second-order valence-corrected chi connectivity index (χ2v) is 5.32. The lowest BCUT2D eigenvalue weighted by Crippen LogP contribution is -2.45. The first kappa shape index (κ1) is 16.4. The van der Waals surface area contributed by atoms with E-state index in [1.165, 1.54) is 0 Å². The maximum absolute atomic E-state index is 12.3. The van der Waals surface area contributed by atoms with Crippen molar-refractivity contribution in [3.8, 4) is 0 Å². The van der Waals surface area contributed by atoms with Crippen molar-refractivity contribution in [1.82, 2.24) is 10.3 Å². The molecule has 5 nitrogen and oxygen atoms in total. The summed E-state index contributed by atoms with van der Waals surface area (Å²) in [6.45, 7) is 8.18. The molecule has 0 aliphatic rings. The van der Waals surface area contributed by atoms with Gasteiger partial charge in [-0.1, -0.05) is 13.8 Å². The van der Waals surface area contributed by atoms with Gasteiger partial charge in [-0.3, -0.25) is 9.59 Å². The van der Waals surface area contributed by atoms with Crippen LogP contribution in [0.5, 0.6) is 0 Å². The molecule has 0 aromatic carbocycles. The molecule has 0 radical (unpaired) electrons. The summed E-state index contributed by atoms with van der Waals surface area (Å²) in [6, 6.07) is 1.90. The molecule has 5 heteroatoms. The molecule has 0 aliphatic carbocycles. The summed E-state index contributed by atoms with van der Waals surface area (Å²) in [6.07, 6.45) is 1.38. The lowest BCUT2D eigenvalue weighted by Gasteiger charge is -2.28. The third-order valence-electron chi connectivity index (χ3n) is 4.15. The van der Waals surface area contributed by atoms with E-state index in [1.807, 2.05) is 33.8 Å². The average Bonchev–Trinajstić information content (AvgIpc) is 2.40. The Labute approximate surface area is 120 Å². The minimum Gasteiger partial charge on any atom is -0.351 e. The lowest BCUT2D eigenvalue weighted by molar-refractivity contribution is -0.131. The highest BCUT2D eigenvalue weighted by molar-refractivity contribution is 5.82. The second kappa shape index (κ2) is 6.70. The molecule has 0 unspecified atom stereocenters. The quantitative estimate of drug-likeness (QED) is 0.735. The normalized spacial score (nSPS) is 11.4. The number of carbonyl (C=O) groups excluding carboxylic acids is 1. The molecular formula is C15H25N3O2. The van der Waals surface area contributed by atoms with Crippen molar-refractivity contribution in [1.29, 1.82) is 0 Å². The molecule has 1 amide bonds. The number of aryl methyl sites for hydroxylation is 2. The van der Waals surface area contributed by atoms with Crippen LogP contribution < -0.4 is 16.6 Å². The predicted molar refractivity (Wildman–Crippen MR) is 80.5 cm³/mol. The highest BCUT2D eigenvalue weighted by Crippen LogP contribution is 2.25. The molecule has 0 aliphatic heterocycles. The summed E-state index contributed by atoms with van der Waals surface area (Å²) < 4.78 is 0. The minimum absolute atomic E-state index is 0.0793. The second-order valence-electron chi connectivity index (χ2n) is 5.32. The van der Waals surface area contributed by atoms with Crippen LogP contribution in [0.1, 0.15) is 43.5 Å². The van der Waals surface area contributed by atoms with Crippen molar-refractivity contribution < 1.29 is 4.79 Å². The summed E-state index contributed by atoms with van der Waals surface area (Å²) >= 11 is 0. The summed E-state index contributed by atoms with van der Waals surface area (Å²) in [5.74, 6) is -0.0793. The van der Waals surface area contributed by atoms with Crippen LogP contribution in [-0.2, 0) is 11.3 Å². The number of nitrogens with two attached hydrogens (primary N) is 1. The van der Waals surface area contributed by atoms with E-state index in [1.54, 1.807) is 0 Å². The number of rotatable bonds is 6. The Bertz CT molecular complexity index is 522. The molecule has 0 saturated carbocycles. The van der Waals surface area contributed by atoms with E-state index in [2.05, 4.69) is 10.3 Å². The van der Waals surface area contributed by atoms with Crippen LogP contribution in [0.4, 0.5) is 0 Å². The van der Waals surface area contributed by atoms with Crippen molar-refractivity contribution in [2.24, 2.45) is 11.1 Å². The van der Waals surface area contributed by atoms with Crippen LogP contribution in [0.15, 0.2) is 10.9 Å². The van der Waals surface area contributed by atoms with Crippen LogP contribution in [0.3, 0.4) is 0 Å². The van der Waals surface area contributed by atoms with Gasteiger partial charge in [0.2, 0.25) is 5.91 Å². The van der Waals surface area contributed by atoms with Gasteiger partial charge in [0.05, 0.1) is 5.41 Å². The number of carbonyl (C=O) groups is 1. The van der Waals surface area contributed by atoms with Crippen molar-refractivity contribution in [3.05, 3.63) is 33.2 Å². The Morgan fingerprint density at radius 3 is 2.40 bits per heavy atom. The molecule has 20 heavy (non-hydrogen) atoms. The van der Waals surface area contributed by atoms with Gasteiger partial charge in [0, 0.05) is 24.3 Å². The largest absolute Gasteiger partial charge is 0.351 e. The first-order valence-electron chi connectivity index (χ1n) is 7.08. The van der Waals surface area contributed by atoms with Gasteiger partial charge in [-0.2, -0.15) is 0 Å². The number of hydrogen-bond donors (Lipinski definition) is 3. The van der Waals surface area contributed by atoms with E-state index in [-0.39, 0.29) is 18.0 Å². The van der Waals surface area contributed by atoms with Gasteiger partial charge in [0.1, 0.15) is 0 Å². The Balaban J connectivity index is 2.88. The van der Waals surface area contributed by atoms with Crippen LogP contribution in [0.25, 0.3) is 0 Å². The molecular weight excluding hydrogens is 254 g/mol. The highest BCUT2D eigenvalue weighted by Gasteiger charge is 2.33. The monoisotopic (exact) mass is 279 g/mol. The lowest BCUT2D eigenvalue weighted by atomic mass is 9.81. The summed E-state index contributed by atoms with van der Waals surface area (Å²) in [5, 5.41) is 2.85. The zero-order valence-corrected chi connectivity index (χ0v) is 12.8. The summed E-state index contributed by atoms with van der Waals surface area (Å²) in [5.41, 5.74) is 7.38. The molecule has 0 saturated heterocycles. The van der Waals surface area contributed by atoms with E-state index < -0.39 is 5.41 Å². The van der Waals surface area contributed by atoms with Crippen molar-refractivity contribution in [2.45, 2.75) is 47.1 Å². The van der Waals surface area contributed by atoms with Gasteiger partial charge in [-0.25, -0.2) is 0 Å². The van der Waals surface area contributed by atoms with Crippen molar-refractivity contribution in [3.63, 3.8) is 0 Å². The summed E-state index contributed by atoms with van der Waals surface area (Å²) in [7, 11) is 0. The average molecular weight is 279 g/mol. The molecule has 0 spiro atoms. The van der Waals surface area contributed by atoms with Crippen LogP contribution in [0, 0.1) is 19.3 Å². The van der Waals surface area contributed by atoms with Gasteiger partial charge in [0.25, 0.3) is 5.56 Å². The summed E-state index contributed by atoms with van der Waals surface area (Å²) in [4.78, 5) is 27.0. The third kappa shape index (κ3) is 3.28. The minimum atomic E-state index is -0.536. The molecule has 1 aromatic heterocycles. The standard InChI is InChI=1S/C15H25N3O2/c1-5-15(6-2,9-16)14(20)17-8-12-10(3)7-11(4)18-13(12)19/h7H,5-6,8-9,16H2,1-4H3,(H,17,20)(H,18,19). The fourth-order valence-electron chi connectivity index (χ4n) is 2.41. The van der Waals surface area contributed by atoms with E-state index in [4.69, 9.17) is 5.73 Å². The molecule has 1 rings (SSSR count). The van der Waals surface area contributed by atoms with E-state index in [0.717, 1.165) is 11.3 Å². The smallest absolute Gasteiger partial charge is 0.253 e. The first-order chi connectivity index (χ1) is 9.40. The van der Waals surface area contributed by atoms with Crippen molar-refractivity contribution in [2.75, 3.05) is 6.54 Å². The molecule has 0 fully saturated rings. The third-order valence-corrected chi connectivity index (χ3v) is 4.15. The van der Waals surface area contributed by atoms with Crippen LogP contribution >= 0.6 is 0 Å². The molecule has 112 valence electrons. The van der Waals surface area contributed by atoms with Gasteiger partial charge >= 0.3 is 0 Å². The Hall–Kier alpha value is -1.62. The van der Waals surface area contributed by atoms with E-state index in [0.29, 0.717) is 24.9 Å². The molecule has 0 bridgehead atoms. The Kier molecular flexibility index (Phi) is 5.51. The number of aromatic nitrogens is 1. The van der Waals surface area contributed by atoms with Gasteiger partial charge in [-0.05, 0) is 38.3 Å². The van der Waals surface area contributed by atoms with Crippen molar-refractivity contribution >= 4 is 5.91 Å². The van der Waals surface area contributed by atoms with Crippen LogP contribution in [-0.4, -0.2) is 17.4 Å². The Morgan fingerprint density at radius 1 is 1.35 bits per heavy atom. The van der Waals surface area contributed by atoms with Gasteiger partial charge in [-0.15, -0.1) is 0 Å². The predicted octanol–water partition coefficient (Wildman–Crippen LogP) is 1.37. The van der Waals surface area contributed by atoms with E-state index in [9.17, 15) is 9.59 Å². The number of H-pyrrole nitrogens is 1. The fourth-order valence-corrected chi connectivity index (χ4v) is 2.41. The zero-order chi connectivity index (χ0) is 15.3.